The first-order valence-corrected chi connectivity index (χ1v) is 7.00. The average molecular weight is 310 g/mol. The lowest BCUT2D eigenvalue weighted by Gasteiger charge is -2.27. The molecule has 1 aliphatic rings. The molecule has 1 aromatic heterocycles. The Hall–Kier alpha value is -1.59. The molecule has 2 N–H and O–H groups in total. The van der Waals surface area contributed by atoms with Gasteiger partial charge in [0.15, 0.2) is 0 Å². The van der Waals surface area contributed by atoms with E-state index >= 15 is 0 Å². The lowest BCUT2D eigenvalue weighted by atomic mass is 9.91. The van der Waals surface area contributed by atoms with E-state index in [1.807, 2.05) is 12.1 Å². The Morgan fingerprint density at radius 3 is 2.67 bits per heavy atom. The Kier molecular flexibility index (Phi) is 4.85. The molecule has 0 saturated heterocycles. The summed E-state index contributed by atoms with van der Waals surface area (Å²) >= 11 is 0. The van der Waals surface area contributed by atoms with Gasteiger partial charge in [-0.05, 0) is 37.8 Å². The van der Waals surface area contributed by atoms with Crippen LogP contribution in [0.4, 0.5) is 0 Å². The summed E-state index contributed by atoms with van der Waals surface area (Å²) in [5.74, 6) is 0.585. The van der Waals surface area contributed by atoms with Crippen molar-refractivity contribution in [3.63, 3.8) is 0 Å². The van der Waals surface area contributed by atoms with Crippen molar-refractivity contribution in [3.8, 4) is 5.75 Å². The number of fused-ring (bicyclic) bond motifs is 1. The molecule has 5 nitrogen and oxygen atoms in total. The lowest BCUT2D eigenvalue weighted by Crippen LogP contribution is -2.32. The second-order valence-electron chi connectivity index (χ2n) is 5.38. The number of aromatic nitrogens is 2. The van der Waals surface area contributed by atoms with Gasteiger partial charge in [0.1, 0.15) is 11.1 Å². The van der Waals surface area contributed by atoms with Crippen LogP contribution in [0.5, 0.6) is 5.75 Å². The largest absolute Gasteiger partial charge is 0.496 e. The van der Waals surface area contributed by atoms with Gasteiger partial charge in [-0.2, -0.15) is 0 Å². The number of hydrogen-bond acceptors (Lipinski definition) is 4. The summed E-state index contributed by atoms with van der Waals surface area (Å²) in [4.78, 5) is 17.1. The SMILES string of the molecule is COc1cccc2ncn(C3CCC(N)CC3)c(=O)c12.Cl. The number of halogens is 1. The molecule has 0 bridgehead atoms. The van der Waals surface area contributed by atoms with Crippen molar-refractivity contribution >= 4 is 23.3 Å². The third kappa shape index (κ3) is 2.89. The molecule has 0 atom stereocenters. The maximum Gasteiger partial charge on any atom is 0.265 e. The average Bonchev–Trinajstić information content (AvgIpc) is 2.48. The molecule has 0 amide bonds. The summed E-state index contributed by atoms with van der Waals surface area (Å²) in [6.07, 6.45) is 5.45. The van der Waals surface area contributed by atoms with E-state index in [9.17, 15) is 4.79 Å². The first-order chi connectivity index (χ1) is 9.70. The number of nitrogens with two attached hydrogens (primary N) is 1. The molecule has 1 fully saturated rings. The van der Waals surface area contributed by atoms with Crippen molar-refractivity contribution in [2.75, 3.05) is 7.11 Å². The highest BCUT2D eigenvalue weighted by molar-refractivity contribution is 5.85. The summed E-state index contributed by atoms with van der Waals surface area (Å²) < 4.78 is 7.04. The molecule has 1 saturated carbocycles. The zero-order chi connectivity index (χ0) is 14.1. The molecule has 0 spiro atoms. The van der Waals surface area contributed by atoms with Crippen molar-refractivity contribution in [1.29, 1.82) is 0 Å². The molecule has 0 unspecified atom stereocenters. The van der Waals surface area contributed by atoms with Crippen LogP contribution in [0.1, 0.15) is 31.7 Å². The minimum Gasteiger partial charge on any atom is -0.496 e. The molecule has 1 heterocycles. The standard InChI is InChI=1S/C15H19N3O2.ClH/c1-20-13-4-2-3-12-14(13)15(19)18(9-17-12)11-7-5-10(16)6-8-11;/h2-4,9-11H,5-8,16H2,1H3;1H. The first kappa shape index (κ1) is 15.8. The summed E-state index contributed by atoms with van der Waals surface area (Å²) in [6.45, 7) is 0. The fourth-order valence-electron chi connectivity index (χ4n) is 2.96. The van der Waals surface area contributed by atoms with E-state index in [4.69, 9.17) is 10.5 Å². The van der Waals surface area contributed by atoms with Crippen molar-refractivity contribution in [3.05, 3.63) is 34.9 Å². The Morgan fingerprint density at radius 1 is 1.29 bits per heavy atom. The molecule has 6 heteroatoms. The normalized spacial score (nSPS) is 21.8. The van der Waals surface area contributed by atoms with Crippen LogP contribution in [0.2, 0.25) is 0 Å². The number of rotatable bonds is 2. The predicted octanol–water partition coefficient (Wildman–Crippen LogP) is 2.27. The Bertz CT molecular complexity index is 678. The third-order valence-electron chi connectivity index (χ3n) is 4.13. The molecule has 1 aromatic carbocycles. The fourth-order valence-corrected chi connectivity index (χ4v) is 2.96. The number of ether oxygens (including phenoxy) is 1. The van der Waals surface area contributed by atoms with E-state index in [1.165, 1.54) is 0 Å². The summed E-state index contributed by atoms with van der Waals surface area (Å²) in [6, 6.07) is 5.94. The monoisotopic (exact) mass is 309 g/mol. The molecular formula is C15H20ClN3O2. The highest BCUT2D eigenvalue weighted by Crippen LogP contribution is 2.27. The Balaban J connectivity index is 0.00000161. The van der Waals surface area contributed by atoms with Gasteiger partial charge in [0, 0.05) is 12.1 Å². The molecule has 0 aliphatic heterocycles. The van der Waals surface area contributed by atoms with E-state index in [1.54, 1.807) is 24.1 Å². The van der Waals surface area contributed by atoms with Gasteiger partial charge in [-0.25, -0.2) is 4.98 Å². The van der Waals surface area contributed by atoms with Gasteiger partial charge < -0.3 is 10.5 Å². The molecule has 2 aromatic rings. The molecule has 1 aliphatic carbocycles. The number of methoxy groups -OCH3 is 1. The Labute approximate surface area is 129 Å². The van der Waals surface area contributed by atoms with Crippen LogP contribution in [0.3, 0.4) is 0 Å². The van der Waals surface area contributed by atoms with Crippen molar-refractivity contribution < 1.29 is 4.74 Å². The van der Waals surface area contributed by atoms with Crippen molar-refractivity contribution in [2.45, 2.75) is 37.8 Å². The Morgan fingerprint density at radius 2 is 2.00 bits per heavy atom. The van der Waals surface area contributed by atoms with Crippen LogP contribution in [0.15, 0.2) is 29.3 Å². The second-order valence-corrected chi connectivity index (χ2v) is 5.38. The zero-order valence-corrected chi connectivity index (χ0v) is 12.8. The first-order valence-electron chi connectivity index (χ1n) is 7.00. The van der Waals surface area contributed by atoms with Crippen molar-refractivity contribution in [2.24, 2.45) is 5.73 Å². The van der Waals surface area contributed by atoms with Crippen LogP contribution >= 0.6 is 12.4 Å². The maximum atomic E-state index is 12.7. The molecule has 3 rings (SSSR count). The highest BCUT2D eigenvalue weighted by Gasteiger charge is 2.22. The molecule has 21 heavy (non-hydrogen) atoms. The smallest absolute Gasteiger partial charge is 0.265 e. The van der Waals surface area contributed by atoms with Gasteiger partial charge >= 0.3 is 0 Å². The van der Waals surface area contributed by atoms with E-state index in [0.717, 1.165) is 25.7 Å². The van der Waals surface area contributed by atoms with E-state index in [2.05, 4.69) is 4.98 Å². The highest BCUT2D eigenvalue weighted by atomic mass is 35.5. The lowest BCUT2D eigenvalue weighted by molar-refractivity contribution is 0.316. The van der Waals surface area contributed by atoms with Gasteiger partial charge in [-0.1, -0.05) is 6.07 Å². The molecule has 0 radical (unpaired) electrons. The second kappa shape index (κ2) is 6.45. The summed E-state index contributed by atoms with van der Waals surface area (Å²) in [5.41, 5.74) is 6.58. The number of hydrogen-bond donors (Lipinski definition) is 1. The van der Waals surface area contributed by atoms with Crippen LogP contribution in [0.25, 0.3) is 10.9 Å². The van der Waals surface area contributed by atoms with Crippen molar-refractivity contribution in [1.82, 2.24) is 9.55 Å². The van der Waals surface area contributed by atoms with Crippen LogP contribution in [-0.4, -0.2) is 22.7 Å². The van der Waals surface area contributed by atoms with Crippen LogP contribution in [-0.2, 0) is 0 Å². The molecular weight excluding hydrogens is 290 g/mol. The van der Waals surface area contributed by atoms with Gasteiger partial charge in [-0.3, -0.25) is 9.36 Å². The fraction of sp³-hybridized carbons (Fsp3) is 0.467. The maximum absolute atomic E-state index is 12.7. The minimum atomic E-state index is -0.0204. The van der Waals surface area contributed by atoms with Gasteiger partial charge in [0.25, 0.3) is 5.56 Å². The predicted molar refractivity (Wildman–Crippen MR) is 85.3 cm³/mol. The topological polar surface area (TPSA) is 70.1 Å². The number of benzene rings is 1. The third-order valence-corrected chi connectivity index (χ3v) is 4.13. The quantitative estimate of drug-likeness (QED) is 0.924. The van der Waals surface area contributed by atoms with Gasteiger partial charge in [0.05, 0.1) is 19.0 Å². The van der Waals surface area contributed by atoms with E-state index in [-0.39, 0.29) is 30.0 Å². The van der Waals surface area contributed by atoms with Crippen LogP contribution < -0.4 is 16.0 Å². The van der Waals surface area contributed by atoms with E-state index < -0.39 is 0 Å². The minimum absolute atomic E-state index is 0. The zero-order valence-electron chi connectivity index (χ0n) is 12.0. The molecule has 114 valence electrons. The summed E-state index contributed by atoms with van der Waals surface area (Å²) in [7, 11) is 1.57. The van der Waals surface area contributed by atoms with Crippen LogP contribution in [0, 0.1) is 0 Å². The van der Waals surface area contributed by atoms with Gasteiger partial charge in [-0.15, -0.1) is 12.4 Å². The number of nitrogens with zero attached hydrogens (tertiary/aromatic N) is 2. The van der Waals surface area contributed by atoms with Gasteiger partial charge in [0.2, 0.25) is 0 Å². The van der Waals surface area contributed by atoms with E-state index in [0.29, 0.717) is 16.7 Å². The summed E-state index contributed by atoms with van der Waals surface area (Å²) in [5, 5.41) is 0.562.